The van der Waals surface area contributed by atoms with E-state index in [-0.39, 0.29) is 23.9 Å². The van der Waals surface area contributed by atoms with Gasteiger partial charge in [0.2, 0.25) is 0 Å². The van der Waals surface area contributed by atoms with Crippen molar-refractivity contribution in [3.05, 3.63) is 59.2 Å². The molecule has 3 atom stereocenters. The lowest BCUT2D eigenvalue weighted by atomic mass is 9.91. The second-order valence-corrected chi connectivity index (χ2v) is 5.84. The van der Waals surface area contributed by atoms with E-state index in [0.29, 0.717) is 6.42 Å². The van der Waals surface area contributed by atoms with Gasteiger partial charge in [0.15, 0.2) is 0 Å². The van der Waals surface area contributed by atoms with E-state index in [4.69, 9.17) is 4.74 Å². The van der Waals surface area contributed by atoms with Crippen LogP contribution < -0.4 is 4.74 Å². The first-order chi connectivity index (χ1) is 10.0. The molecule has 0 saturated carbocycles. The van der Waals surface area contributed by atoms with Crippen molar-refractivity contribution < 1.29 is 14.9 Å². The van der Waals surface area contributed by atoms with Gasteiger partial charge in [0.1, 0.15) is 17.6 Å². The Bertz CT molecular complexity index is 631. The average Bonchev–Trinajstić information content (AvgIpc) is 2.76. The number of aromatic hydroxyl groups is 1. The maximum absolute atomic E-state index is 9.52. The number of hydrogen-bond acceptors (Lipinski definition) is 3. The van der Waals surface area contributed by atoms with Gasteiger partial charge in [-0.2, -0.15) is 0 Å². The molecule has 0 radical (unpaired) electrons. The van der Waals surface area contributed by atoms with E-state index in [1.807, 2.05) is 24.3 Å². The third-order valence-electron chi connectivity index (χ3n) is 4.03. The molecule has 2 aromatic carbocycles. The number of fused-ring (bicyclic) bond motifs is 1. The number of aliphatic hydroxyl groups excluding tert-OH is 1. The maximum atomic E-state index is 9.52. The second kappa shape index (κ2) is 5.41. The lowest BCUT2D eigenvalue weighted by Gasteiger charge is -2.15. The van der Waals surface area contributed by atoms with Crippen LogP contribution in [0.25, 0.3) is 0 Å². The summed E-state index contributed by atoms with van der Waals surface area (Å²) in [6, 6.07) is 13.3. The Balaban J connectivity index is 1.88. The standard InChI is InChI=1S/C18H20O3/c1-11(19)9-13-3-8-17-16(10-13)12(2)18(21-17)14-4-6-15(20)7-5-14/h3-8,10-12,18-20H,9H2,1-2H3/t11-,12-,18-/m1/s1. The maximum Gasteiger partial charge on any atom is 0.130 e. The predicted molar refractivity (Wildman–Crippen MR) is 81.7 cm³/mol. The van der Waals surface area contributed by atoms with Crippen molar-refractivity contribution in [3.8, 4) is 11.5 Å². The monoisotopic (exact) mass is 284 g/mol. The van der Waals surface area contributed by atoms with Crippen molar-refractivity contribution >= 4 is 0 Å². The first-order valence-corrected chi connectivity index (χ1v) is 7.31. The molecule has 0 saturated heterocycles. The molecule has 1 aliphatic rings. The van der Waals surface area contributed by atoms with Gasteiger partial charge in [0.05, 0.1) is 6.10 Å². The minimum Gasteiger partial charge on any atom is -0.508 e. The van der Waals surface area contributed by atoms with Gasteiger partial charge < -0.3 is 14.9 Å². The fraction of sp³-hybridized carbons (Fsp3) is 0.333. The smallest absolute Gasteiger partial charge is 0.130 e. The lowest BCUT2D eigenvalue weighted by molar-refractivity contribution is 0.195. The molecule has 21 heavy (non-hydrogen) atoms. The molecule has 0 aromatic heterocycles. The molecule has 3 rings (SSSR count). The minimum absolute atomic E-state index is 0.0256. The molecule has 0 fully saturated rings. The van der Waals surface area contributed by atoms with Crippen LogP contribution >= 0.6 is 0 Å². The highest BCUT2D eigenvalue weighted by atomic mass is 16.5. The first-order valence-electron chi connectivity index (χ1n) is 7.31. The van der Waals surface area contributed by atoms with Crippen molar-refractivity contribution in [3.63, 3.8) is 0 Å². The zero-order chi connectivity index (χ0) is 15.0. The molecule has 0 amide bonds. The van der Waals surface area contributed by atoms with E-state index >= 15 is 0 Å². The number of rotatable bonds is 3. The summed E-state index contributed by atoms with van der Waals surface area (Å²) < 4.78 is 6.06. The Labute approximate surface area is 124 Å². The van der Waals surface area contributed by atoms with Gasteiger partial charge in [0, 0.05) is 11.5 Å². The molecule has 3 nitrogen and oxygen atoms in total. The number of phenols is 1. The highest BCUT2D eigenvalue weighted by Crippen LogP contribution is 2.46. The van der Waals surface area contributed by atoms with Gasteiger partial charge in [0.25, 0.3) is 0 Å². The van der Waals surface area contributed by atoms with Crippen LogP contribution in [-0.2, 0) is 6.42 Å². The molecule has 1 aliphatic heterocycles. The molecule has 0 spiro atoms. The van der Waals surface area contributed by atoms with Gasteiger partial charge in [-0.3, -0.25) is 0 Å². The molecule has 2 N–H and O–H groups in total. The van der Waals surface area contributed by atoms with Crippen LogP contribution in [0.15, 0.2) is 42.5 Å². The fourth-order valence-corrected chi connectivity index (χ4v) is 2.95. The van der Waals surface area contributed by atoms with Gasteiger partial charge in [-0.1, -0.05) is 31.2 Å². The van der Waals surface area contributed by atoms with E-state index in [2.05, 4.69) is 13.0 Å². The summed E-state index contributed by atoms with van der Waals surface area (Å²) in [7, 11) is 0. The van der Waals surface area contributed by atoms with Crippen molar-refractivity contribution in [2.45, 2.75) is 38.4 Å². The molecule has 0 aliphatic carbocycles. The average molecular weight is 284 g/mol. The summed E-state index contributed by atoms with van der Waals surface area (Å²) in [6.45, 7) is 3.95. The van der Waals surface area contributed by atoms with Gasteiger partial charge in [-0.15, -0.1) is 0 Å². The molecule has 3 heteroatoms. The largest absolute Gasteiger partial charge is 0.508 e. The lowest BCUT2D eigenvalue weighted by Crippen LogP contribution is -2.07. The summed E-state index contributed by atoms with van der Waals surface area (Å²) in [5.41, 5.74) is 3.38. The van der Waals surface area contributed by atoms with Crippen molar-refractivity contribution in [1.82, 2.24) is 0 Å². The van der Waals surface area contributed by atoms with E-state index in [1.54, 1.807) is 19.1 Å². The fourth-order valence-electron chi connectivity index (χ4n) is 2.95. The summed E-state index contributed by atoms with van der Waals surface area (Å²) >= 11 is 0. The highest BCUT2D eigenvalue weighted by Gasteiger charge is 2.32. The van der Waals surface area contributed by atoms with Crippen LogP contribution in [0.5, 0.6) is 11.5 Å². The van der Waals surface area contributed by atoms with Crippen molar-refractivity contribution in [2.24, 2.45) is 0 Å². The summed E-state index contributed by atoms with van der Waals surface area (Å²) in [5, 5.41) is 18.9. The van der Waals surface area contributed by atoms with Crippen LogP contribution in [0.3, 0.4) is 0 Å². The number of aliphatic hydroxyl groups is 1. The van der Waals surface area contributed by atoms with Crippen molar-refractivity contribution in [2.75, 3.05) is 0 Å². The Hall–Kier alpha value is -2.00. The van der Waals surface area contributed by atoms with Crippen molar-refractivity contribution in [1.29, 1.82) is 0 Å². The van der Waals surface area contributed by atoms with Gasteiger partial charge in [-0.25, -0.2) is 0 Å². The predicted octanol–water partition coefficient (Wildman–Crippen LogP) is 3.55. The first kappa shape index (κ1) is 14.0. The normalized spacial score (nSPS) is 21.7. The molecular formula is C18H20O3. The van der Waals surface area contributed by atoms with Crippen LogP contribution in [0, 0.1) is 0 Å². The zero-order valence-corrected chi connectivity index (χ0v) is 12.3. The molecule has 0 unspecified atom stereocenters. The van der Waals surface area contributed by atoms with Gasteiger partial charge in [-0.05, 0) is 42.7 Å². The van der Waals surface area contributed by atoms with Crippen LogP contribution in [0.4, 0.5) is 0 Å². The Morgan fingerprint density at radius 2 is 1.86 bits per heavy atom. The quantitative estimate of drug-likeness (QED) is 0.906. The number of benzene rings is 2. The van der Waals surface area contributed by atoms with Crippen LogP contribution in [-0.4, -0.2) is 16.3 Å². The molecular weight excluding hydrogens is 264 g/mol. The molecule has 1 heterocycles. The number of phenolic OH excluding ortho intramolecular Hbond substituents is 1. The second-order valence-electron chi connectivity index (χ2n) is 5.84. The number of hydrogen-bond donors (Lipinski definition) is 2. The number of ether oxygens (including phenoxy) is 1. The Morgan fingerprint density at radius 3 is 2.52 bits per heavy atom. The van der Waals surface area contributed by atoms with E-state index in [9.17, 15) is 10.2 Å². The van der Waals surface area contributed by atoms with E-state index < -0.39 is 0 Å². The molecule has 2 aromatic rings. The van der Waals surface area contributed by atoms with Crippen LogP contribution in [0.2, 0.25) is 0 Å². The molecule has 110 valence electrons. The minimum atomic E-state index is -0.339. The summed E-state index contributed by atoms with van der Waals surface area (Å²) in [4.78, 5) is 0. The van der Waals surface area contributed by atoms with Gasteiger partial charge >= 0.3 is 0 Å². The zero-order valence-electron chi connectivity index (χ0n) is 12.3. The Kier molecular flexibility index (Phi) is 3.60. The summed E-state index contributed by atoms with van der Waals surface area (Å²) in [5.74, 6) is 1.43. The SMILES string of the molecule is C[C@@H]1c2cc(C[C@@H](C)O)ccc2O[C@H]1c1ccc(O)cc1. The summed E-state index contributed by atoms with van der Waals surface area (Å²) in [6.07, 6.45) is 0.292. The Morgan fingerprint density at radius 1 is 1.14 bits per heavy atom. The van der Waals surface area contributed by atoms with E-state index in [1.165, 1.54) is 5.56 Å². The topological polar surface area (TPSA) is 49.7 Å². The highest BCUT2D eigenvalue weighted by molar-refractivity contribution is 5.45. The molecule has 0 bridgehead atoms. The third kappa shape index (κ3) is 2.74. The third-order valence-corrected chi connectivity index (χ3v) is 4.03. The van der Waals surface area contributed by atoms with E-state index in [0.717, 1.165) is 16.9 Å². The van der Waals surface area contributed by atoms with Crippen LogP contribution in [0.1, 0.15) is 42.6 Å².